The van der Waals surface area contributed by atoms with Crippen LogP contribution in [0.4, 0.5) is 0 Å². The van der Waals surface area contributed by atoms with E-state index in [2.05, 4.69) is 41.8 Å². The molecule has 102 valence electrons. The molecule has 2 N–H and O–H groups in total. The number of fused-ring (bicyclic) bond motifs is 1. The fourth-order valence-corrected chi connectivity index (χ4v) is 3.02. The monoisotopic (exact) mass is 394 g/mol. The number of H-pyrrole nitrogens is 1. The number of aryl methyl sites for hydroxylation is 1. The number of aliphatic hydroxyl groups is 1. The third kappa shape index (κ3) is 2.30. The van der Waals surface area contributed by atoms with Gasteiger partial charge in [-0.1, -0.05) is 30.3 Å². The molecule has 0 fully saturated rings. The van der Waals surface area contributed by atoms with E-state index in [0.717, 1.165) is 31.1 Å². The number of rotatable bonds is 2. The van der Waals surface area contributed by atoms with Crippen molar-refractivity contribution in [2.75, 3.05) is 0 Å². The maximum atomic E-state index is 10.4. The smallest absolute Gasteiger partial charge is 0.140 e. The van der Waals surface area contributed by atoms with Crippen LogP contribution in [-0.2, 0) is 0 Å². The fourth-order valence-electron chi connectivity index (χ4n) is 2.19. The molecule has 1 unspecified atom stereocenters. The lowest BCUT2D eigenvalue weighted by atomic mass is 10.1. The number of benzene rings is 2. The van der Waals surface area contributed by atoms with Crippen molar-refractivity contribution >= 4 is 42.9 Å². The van der Waals surface area contributed by atoms with Crippen molar-refractivity contribution in [1.29, 1.82) is 0 Å². The number of hydrogen-bond acceptors (Lipinski definition) is 2. The molecular weight excluding hydrogens is 384 g/mol. The van der Waals surface area contributed by atoms with Crippen molar-refractivity contribution in [2.24, 2.45) is 0 Å². The molecule has 1 atom stereocenters. The molecule has 0 spiro atoms. The number of aromatic amines is 1. The summed E-state index contributed by atoms with van der Waals surface area (Å²) < 4.78 is 1.95. The number of aromatic nitrogens is 2. The minimum absolute atomic E-state index is 0.555. The van der Waals surface area contributed by atoms with Gasteiger partial charge in [-0.3, -0.25) is 0 Å². The van der Waals surface area contributed by atoms with Gasteiger partial charge in [0.05, 0.1) is 11.0 Å². The summed E-state index contributed by atoms with van der Waals surface area (Å²) in [5.41, 5.74) is 3.63. The Hall–Kier alpha value is -1.17. The van der Waals surface area contributed by atoms with Crippen LogP contribution >= 0.6 is 31.9 Å². The minimum Gasteiger partial charge on any atom is -0.380 e. The van der Waals surface area contributed by atoms with Gasteiger partial charge in [-0.15, -0.1) is 0 Å². The van der Waals surface area contributed by atoms with Gasteiger partial charge in [0.15, 0.2) is 0 Å². The van der Waals surface area contributed by atoms with Gasteiger partial charge < -0.3 is 10.1 Å². The van der Waals surface area contributed by atoms with Crippen molar-refractivity contribution in [2.45, 2.75) is 13.0 Å². The van der Waals surface area contributed by atoms with Crippen LogP contribution in [-0.4, -0.2) is 15.1 Å². The van der Waals surface area contributed by atoms with E-state index < -0.39 is 6.10 Å². The number of aliphatic hydroxyl groups excluding tert-OH is 1. The van der Waals surface area contributed by atoms with E-state index in [0.29, 0.717) is 5.82 Å². The summed E-state index contributed by atoms with van der Waals surface area (Å²) in [5, 5.41) is 10.4. The number of hydrogen-bond donors (Lipinski definition) is 2. The van der Waals surface area contributed by atoms with E-state index >= 15 is 0 Å². The van der Waals surface area contributed by atoms with Gasteiger partial charge in [-0.05, 0) is 56.0 Å². The van der Waals surface area contributed by atoms with Crippen LogP contribution in [0.1, 0.15) is 23.1 Å². The minimum atomic E-state index is -0.749. The SMILES string of the molecule is Cc1c(Br)c(Br)cc2[nH]c(C(O)c3ccccc3)nc12. The largest absolute Gasteiger partial charge is 0.380 e. The van der Waals surface area contributed by atoms with Crippen LogP contribution in [0.5, 0.6) is 0 Å². The maximum absolute atomic E-state index is 10.4. The van der Waals surface area contributed by atoms with Gasteiger partial charge >= 0.3 is 0 Å². The summed E-state index contributed by atoms with van der Waals surface area (Å²) in [6, 6.07) is 11.5. The molecule has 0 radical (unpaired) electrons. The first-order valence-electron chi connectivity index (χ1n) is 6.15. The average Bonchev–Trinajstić information content (AvgIpc) is 2.89. The van der Waals surface area contributed by atoms with Gasteiger partial charge in [0.25, 0.3) is 0 Å². The van der Waals surface area contributed by atoms with Gasteiger partial charge in [-0.25, -0.2) is 4.98 Å². The lowest BCUT2D eigenvalue weighted by Crippen LogP contribution is -2.01. The molecule has 0 saturated carbocycles. The van der Waals surface area contributed by atoms with Crippen LogP contribution in [0.25, 0.3) is 11.0 Å². The zero-order valence-corrected chi connectivity index (χ0v) is 13.9. The Morgan fingerprint density at radius 3 is 2.60 bits per heavy atom. The van der Waals surface area contributed by atoms with Crippen molar-refractivity contribution in [1.82, 2.24) is 9.97 Å². The van der Waals surface area contributed by atoms with E-state index in [1.165, 1.54) is 0 Å². The molecule has 0 aliphatic rings. The predicted octanol–water partition coefficient (Wildman–Crippen LogP) is 4.48. The lowest BCUT2D eigenvalue weighted by Gasteiger charge is -2.06. The van der Waals surface area contributed by atoms with E-state index in [-0.39, 0.29) is 0 Å². The summed E-state index contributed by atoms with van der Waals surface area (Å²) in [5.74, 6) is 0.555. The molecule has 1 aromatic heterocycles. The van der Waals surface area contributed by atoms with E-state index in [1.54, 1.807) is 0 Å². The second kappa shape index (κ2) is 5.31. The third-order valence-electron chi connectivity index (χ3n) is 3.29. The van der Waals surface area contributed by atoms with Gasteiger partial charge in [0, 0.05) is 8.95 Å². The molecule has 2 aromatic carbocycles. The molecule has 0 bridgehead atoms. The van der Waals surface area contributed by atoms with Crippen molar-refractivity contribution in [3.05, 3.63) is 62.3 Å². The Bertz CT molecular complexity index is 768. The first kappa shape index (κ1) is 13.8. The highest BCUT2D eigenvalue weighted by Crippen LogP contribution is 2.33. The van der Waals surface area contributed by atoms with Crippen molar-refractivity contribution in [3.63, 3.8) is 0 Å². The first-order valence-corrected chi connectivity index (χ1v) is 7.73. The normalized spacial score (nSPS) is 12.8. The van der Waals surface area contributed by atoms with Gasteiger partial charge in [0.2, 0.25) is 0 Å². The number of nitrogens with one attached hydrogen (secondary N) is 1. The van der Waals surface area contributed by atoms with E-state index in [4.69, 9.17) is 0 Å². The summed E-state index contributed by atoms with van der Waals surface area (Å²) in [6.07, 6.45) is -0.749. The molecule has 5 heteroatoms. The molecule has 3 aromatic rings. The summed E-state index contributed by atoms with van der Waals surface area (Å²) in [7, 11) is 0. The van der Waals surface area contributed by atoms with Crippen molar-refractivity contribution < 1.29 is 5.11 Å². The fraction of sp³-hybridized carbons (Fsp3) is 0.133. The zero-order chi connectivity index (χ0) is 14.3. The summed E-state index contributed by atoms with van der Waals surface area (Å²) in [4.78, 5) is 7.72. The maximum Gasteiger partial charge on any atom is 0.140 e. The molecule has 0 amide bonds. The number of nitrogens with zero attached hydrogens (tertiary/aromatic N) is 1. The molecule has 20 heavy (non-hydrogen) atoms. The highest BCUT2D eigenvalue weighted by atomic mass is 79.9. The van der Waals surface area contributed by atoms with Crippen LogP contribution in [0.15, 0.2) is 45.3 Å². The lowest BCUT2D eigenvalue weighted by molar-refractivity contribution is 0.211. The Labute approximate surface area is 133 Å². The Kier molecular flexibility index (Phi) is 3.67. The summed E-state index contributed by atoms with van der Waals surface area (Å²) >= 11 is 7.03. The van der Waals surface area contributed by atoms with Crippen LogP contribution < -0.4 is 0 Å². The molecular formula is C15H12Br2N2O. The zero-order valence-electron chi connectivity index (χ0n) is 10.7. The quantitative estimate of drug-likeness (QED) is 0.672. The Balaban J connectivity index is 2.12. The molecule has 0 saturated heterocycles. The number of imidazole rings is 1. The predicted molar refractivity (Wildman–Crippen MR) is 86.7 cm³/mol. The molecule has 1 heterocycles. The highest BCUT2D eigenvalue weighted by Gasteiger charge is 2.17. The second-order valence-corrected chi connectivity index (χ2v) is 6.28. The van der Waals surface area contributed by atoms with Gasteiger partial charge in [0.1, 0.15) is 11.9 Å². The van der Waals surface area contributed by atoms with Crippen LogP contribution in [0.3, 0.4) is 0 Å². The van der Waals surface area contributed by atoms with Crippen LogP contribution in [0, 0.1) is 6.92 Å². The Morgan fingerprint density at radius 2 is 1.90 bits per heavy atom. The Morgan fingerprint density at radius 1 is 1.20 bits per heavy atom. The topological polar surface area (TPSA) is 48.9 Å². The van der Waals surface area contributed by atoms with E-state index in [1.807, 2.05) is 43.3 Å². The molecule has 3 rings (SSSR count). The second-order valence-electron chi connectivity index (χ2n) is 4.63. The molecule has 0 aliphatic heterocycles. The molecule has 3 nitrogen and oxygen atoms in total. The standard InChI is InChI=1S/C15H12Br2N2O/c1-8-12(17)10(16)7-11-13(8)19-15(18-11)14(20)9-5-3-2-4-6-9/h2-7,14,20H,1H3,(H,18,19). The average molecular weight is 396 g/mol. The van der Waals surface area contributed by atoms with Crippen molar-refractivity contribution in [3.8, 4) is 0 Å². The highest BCUT2D eigenvalue weighted by molar-refractivity contribution is 9.13. The summed E-state index contributed by atoms with van der Waals surface area (Å²) in [6.45, 7) is 2.00. The van der Waals surface area contributed by atoms with Crippen LogP contribution in [0.2, 0.25) is 0 Å². The van der Waals surface area contributed by atoms with E-state index in [9.17, 15) is 5.11 Å². The van der Waals surface area contributed by atoms with Gasteiger partial charge in [-0.2, -0.15) is 0 Å². The third-order valence-corrected chi connectivity index (χ3v) is 5.47. The first-order chi connectivity index (χ1) is 9.58. The molecule has 0 aliphatic carbocycles. The number of halogens is 2.